The van der Waals surface area contributed by atoms with Gasteiger partial charge in [0.05, 0.1) is 7.11 Å². The van der Waals surface area contributed by atoms with Crippen molar-refractivity contribution in [2.75, 3.05) is 7.11 Å². The molecule has 0 radical (unpaired) electrons. The number of β-lactam (4-membered cyclic amide) rings is 1. The van der Waals surface area contributed by atoms with E-state index in [2.05, 4.69) is 0 Å². The molecule has 0 saturated carbocycles. The van der Waals surface area contributed by atoms with Crippen LogP contribution in [0.2, 0.25) is 0 Å². The summed E-state index contributed by atoms with van der Waals surface area (Å²) < 4.78 is 16.5. The smallest absolute Gasteiger partial charge is 0.334 e. The maximum Gasteiger partial charge on any atom is 0.334 e. The lowest BCUT2D eigenvalue weighted by atomic mass is 9.95. The van der Waals surface area contributed by atoms with Gasteiger partial charge in [-0.3, -0.25) is 14.5 Å². The van der Waals surface area contributed by atoms with E-state index in [0.29, 0.717) is 11.5 Å². The minimum absolute atomic E-state index is 0.00736. The van der Waals surface area contributed by atoms with Gasteiger partial charge in [-0.2, -0.15) is 0 Å². The molecular weight excluding hydrogens is 482 g/mol. The number of nitrogens with zero attached hydrogens (tertiary/aromatic N) is 1. The van der Waals surface area contributed by atoms with Gasteiger partial charge in [-0.15, -0.1) is 0 Å². The second-order valence-electron chi connectivity index (χ2n) is 8.71. The lowest BCUT2D eigenvalue weighted by Crippen LogP contribution is -2.71. The molecule has 0 aliphatic carbocycles. The maximum atomic E-state index is 13.4. The highest BCUT2D eigenvalue weighted by Gasteiger charge is 2.57. The highest BCUT2D eigenvalue weighted by molar-refractivity contribution is 6.14. The Balaban J connectivity index is 1.36. The Hall–Kier alpha value is -4.91. The molecule has 7 nitrogen and oxygen atoms in total. The van der Waals surface area contributed by atoms with Crippen LogP contribution in [0.4, 0.5) is 0 Å². The van der Waals surface area contributed by atoms with Gasteiger partial charge in [0.25, 0.3) is 11.8 Å². The fourth-order valence-corrected chi connectivity index (χ4v) is 4.22. The zero-order valence-corrected chi connectivity index (χ0v) is 20.7. The topological polar surface area (TPSA) is 82.1 Å². The summed E-state index contributed by atoms with van der Waals surface area (Å²) in [6.07, 6.45) is -1.20. The lowest BCUT2D eigenvalue weighted by Gasteiger charge is -2.43. The van der Waals surface area contributed by atoms with E-state index in [4.69, 9.17) is 14.2 Å². The van der Waals surface area contributed by atoms with Gasteiger partial charge in [-0.25, -0.2) is 4.79 Å². The van der Waals surface area contributed by atoms with Gasteiger partial charge in [-0.1, -0.05) is 72.8 Å². The van der Waals surface area contributed by atoms with Crippen molar-refractivity contribution in [1.29, 1.82) is 0 Å². The molecule has 1 fully saturated rings. The number of esters is 1. The number of ether oxygens (including phenoxy) is 3. The van der Waals surface area contributed by atoms with Crippen LogP contribution >= 0.6 is 0 Å². The summed E-state index contributed by atoms with van der Waals surface area (Å²) in [5.41, 5.74) is 2.99. The number of carbonyl (C=O) groups is 3. The lowest BCUT2D eigenvalue weighted by molar-refractivity contribution is -0.175. The van der Waals surface area contributed by atoms with Gasteiger partial charge in [0.1, 0.15) is 18.1 Å². The van der Waals surface area contributed by atoms with Crippen molar-refractivity contribution >= 4 is 17.8 Å². The summed E-state index contributed by atoms with van der Waals surface area (Å²) in [4.78, 5) is 40.6. The Kier molecular flexibility index (Phi) is 7.17. The molecule has 4 aromatic carbocycles. The summed E-state index contributed by atoms with van der Waals surface area (Å²) in [5, 5.41) is 0. The first kappa shape index (κ1) is 24.8. The third-order valence-electron chi connectivity index (χ3n) is 6.29. The van der Waals surface area contributed by atoms with E-state index >= 15 is 0 Å². The van der Waals surface area contributed by atoms with Gasteiger partial charge >= 0.3 is 5.97 Å². The second kappa shape index (κ2) is 11.0. The molecule has 190 valence electrons. The summed E-state index contributed by atoms with van der Waals surface area (Å²) >= 11 is 0. The predicted molar refractivity (Wildman–Crippen MR) is 140 cm³/mol. The average molecular weight is 508 g/mol. The van der Waals surface area contributed by atoms with Crippen LogP contribution in [-0.2, 0) is 20.9 Å². The molecule has 5 rings (SSSR count). The zero-order chi connectivity index (χ0) is 26.5. The molecule has 1 aliphatic heterocycles. The Morgan fingerprint density at radius 3 is 1.95 bits per heavy atom. The van der Waals surface area contributed by atoms with Crippen LogP contribution in [0.1, 0.15) is 15.9 Å². The Bertz CT molecular complexity index is 1420. The summed E-state index contributed by atoms with van der Waals surface area (Å²) in [5.74, 6) is -0.942. The fourth-order valence-electron chi connectivity index (χ4n) is 4.22. The molecular formula is C31H25NO6. The number of benzene rings is 4. The molecule has 0 spiro atoms. The molecule has 38 heavy (non-hydrogen) atoms. The zero-order valence-electron chi connectivity index (χ0n) is 20.7. The molecule has 0 aromatic heterocycles. The van der Waals surface area contributed by atoms with Crippen LogP contribution in [0.3, 0.4) is 0 Å². The van der Waals surface area contributed by atoms with Crippen molar-refractivity contribution < 1.29 is 28.6 Å². The number of rotatable bonds is 8. The Labute approximate surface area is 220 Å². The molecule has 2 amide bonds. The van der Waals surface area contributed by atoms with Gasteiger partial charge in [-0.05, 0) is 53.1 Å². The number of likely N-dealkylation sites (tertiary alicyclic amines) is 1. The normalized spacial score (nSPS) is 16.3. The first-order chi connectivity index (χ1) is 18.5. The molecule has 2 atom stereocenters. The van der Waals surface area contributed by atoms with Crippen molar-refractivity contribution in [3.8, 4) is 22.6 Å². The Morgan fingerprint density at radius 2 is 1.32 bits per heavy atom. The minimum atomic E-state index is -1.23. The fraction of sp³-hybridized carbons (Fsp3) is 0.129. The van der Waals surface area contributed by atoms with Crippen molar-refractivity contribution in [3.63, 3.8) is 0 Å². The highest BCUT2D eigenvalue weighted by Crippen LogP contribution is 2.30. The van der Waals surface area contributed by atoms with E-state index < -0.39 is 29.9 Å². The van der Waals surface area contributed by atoms with E-state index in [-0.39, 0.29) is 12.2 Å². The standard InChI is InChI=1S/C31H25NO6/c1-36-25-16-18-26(19-17-25)38-28-27(31(35)37-20-21-8-4-2-5-9-21)32(30(28)34)29(33)24-14-12-23(13-15-24)22-10-6-3-7-11-22/h2-19,27-28H,20H2,1H3/t27-,28-/m1/s1. The molecule has 7 heteroatoms. The second-order valence-corrected chi connectivity index (χ2v) is 8.71. The van der Waals surface area contributed by atoms with E-state index in [1.54, 1.807) is 55.6 Å². The quantitative estimate of drug-likeness (QED) is 0.192. The number of hydrogen-bond acceptors (Lipinski definition) is 6. The first-order valence-corrected chi connectivity index (χ1v) is 12.1. The van der Waals surface area contributed by atoms with Crippen LogP contribution in [0, 0.1) is 0 Å². The molecule has 1 heterocycles. The summed E-state index contributed by atoms with van der Waals surface area (Å²) in [6, 6.07) is 31.2. The van der Waals surface area contributed by atoms with Crippen LogP contribution in [0.25, 0.3) is 11.1 Å². The van der Waals surface area contributed by atoms with Gasteiger partial charge in [0, 0.05) is 5.56 Å². The molecule has 0 unspecified atom stereocenters. The summed E-state index contributed by atoms with van der Waals surface area (Å²) in [7, 11) is 1.54. The number of hydrogen-bond donors (Lipinski definition) is 0. The van der Waals surface area contributed by atoms with E-state index in [1.165, 1.54) is 0 Å². The average Bonchev–Trinajstić information content (AvgIpc) is 2.98. The number of methoxy groups -OCH3 is 1. The van der Waals surface area contributed by atoms with E-state index in [9.17, 15) is 14.4 Å². The minimum Gasteiger partial charge on any atom is -0.497 e. The van der Waals surface area contributed by atoms with Crippen LogP contribution in [0.15, 0.2) is 109 Å². The highest BCUT2D eigenvalue weighted by atomic mass is 16.5. The monoisotopic (exact) mass is 507 g/mol. The van der Waals surface area contributed by atoms with E-state index in [0.717, 1.165) is 21.6 Å². The van der Waals surface area contributed by atoms with Crippen LogP contribution in [0.5, 0.6) is 11.5 Å². The maximum absolute atomic E-state index is 13.4. The van der Waals surface area contributed by atoms with Gasteiger partial charge in [0.2, 0.25) is 6.10 Å². The van der Waals surface area contributed by atoms with Gasteiger partial charge < -0.3 is 14.2 Å². The number of amides is 2. The van der Waals surface area contributed by atoms with Crippen molar-refractivity contribution in [2.45, 2.75) is 18.8 Å². The van der Waals surface area contributed by atoms with Crippen LogP contribution in [-0.4, -0.2) is 41.9 Å². The third-order valence-corrected chi connectivity index (χ3v) is 6.29. The van der Waals surface area contributed by atoms with Gasteiger partial charge in [0.15, 0.2) is 6.04 Å². The molecule has 1 saturated heterocycles. The molecule has 0 bridgehead atoms. The molecule has 0 N–H and O–H groups in total. The summed E-state index contributed by atoms with van der Waals surface area (Å²) in [6.45, 7) is 0.00736. The molecule has 1 aliphatic rings. The van der Waals surface area contributed by atoms with E-state index in [1.807, 2.05) is 60.7 Å². The van der Waals surface area contributed by atoms with Crippen molar-refractivity contribution in [3.05, 3.63) is 120 Å². The largest absolute Gasteiger partial charge is 0.497 e. The number of carbonyl (C=O) groups excluding carboxylic acids is 3. The third kappa shape index (κ3) is 5.13. The van der Waals surface area contributed by atoms with Crippen LogP contribution < -0.4 is 9.47 Å². The van der Waals surface area contributed by atoms with Crippen molar-refractivity contribution in [2.24, 2.45) is 0 Å². The Morgan fingerprint density at radius 1 is 0.737 bits per heavy atom. The molecule has 4 aromatic rings. The SMILES string of the molecule is COc1ccc(O[C@H]2C(=O)N(C(=O)c3ccc(-c4ccccc4)cc3)[C@H]2C(=O)OCc2ccccc2)cc1. The predicted octanol–water partition coefficient (Wildman–Crippen LogP) is 4.90. The van der Waals surface area contributed by atoms with Crippen molar-refractivity contribution in [1.82, 2.24) is 4.90 Å². The number of imide groups is 1. The first-order valence-electron chi connectivity index (χ1n) is 12.1.